The number of carboxylic acids is 1. The maximum Gasteiger partial charge on any atom is 0.326 e. The van der Waals surface area contributed by atoms with Crippen LogP contribution in [0.2, 0.25) is 0 Å². The molecule has 1 aliphatic rings. The highest BCUT2D eigenvalue weighted by Crippen LogP contribution is 2.21. The van der Waals surface area contributed by atoms with Crippen molar-refractivity contribution < 1.29 is 29.1 Å². The van der Waals surface area contributed by atoms with Crippen molar-refractivity contribution in [2.45, 2.75) is 76.5 Å². The summed E-state index contributed by atoms with van der Waals surface area (Å²) in [5, 5.41) is 14.2. The molecule has 1 rings (SSSR count). The lowest BCUT2D eigenvalue weighted by molar-refractivity contribution is -0.146. The van der Waals surface area contributed by atoms with Gasteiger partial charge in [-0.05, 0) is 38.1 Å². The monoisotopic (exact) mass is 456 g/mol. The van der Waals surface area contributed by atoms with E-state index in [1.165, 1.54) is 4.90 Å². The minimum Gasteiger partial charge on any atom is -0.480 e. The van der Waals surface area contributed by atoms with E-state index in [4.69, 9.17) is 17.2 Å². The first-order valence-electron chi connectivity index (χ1n) is 10.9. The zero-order chi connectivity index (χ0) is 24.4. The summed E-state index contributed by atoms with van der Waals surface area (Å²) in [5.41, 5.74) is 16.4. The molecule has 0 aromatic carbocycles. The van der Waals surface area contributed by atoms with Gasteiger partial charge in [0, 0.05) is 6.54 Å². The van der Waals surface area contributed by atoms with Gasteiger partial charge in [0.05, 0.1) is 12.5 Å². The first kappa shape index (κ1) is 27.3. The molecular formula is C20H36N6O6. The van der Waals surface area contributed by atoms with Crippen molar-refractivity contribution in [3.05, 3.63) is 0 Å². The molecule has 4 unspecified atom stereocenters. The van der Waals surface area contributed by atoms with E-state index in [1.807, 2.05) is 0 Å². The molecule has 4 atom stereocenters. The molecule has 1 fully saturated rings. The number of nitrogens with two attached hydrogens (primary N) is 3. The minimum atomic E-state index is -1.48. The number of aliphatic carboxylic acids is 1. The summed E-state index contributed by atoms with van der Waals surface area (Å²) in [6.45, 7) is 4.32. The summed E-state index contributed by atoms with van der Waals surface area (Å²) >= 11 is 0. The van der Waals surface area contributed by atoms with Gasteiger partial charge in [-0.2, -0.15) is 0 Å². The normalized spacial score (nSPS) is 18.7. The van der Waals surface area contributed by atoms with Crippen molar-refractivity contribution in [2.24, 2.45) is 23.1 Å². The Morgan fingerprint density at radius 2 is 1.78 bits per heavy atom. The Bertz CT molecular complexity index is 700. The highest BCUT2D eigenvalue weighted by molar-refractivity contribution is 5.95. The Kier molecular flexibility index (Phi) is 11.1. The molecule has 4 amide bonds. The minimum absolute atomic E-state index is 0.270. The lowest BCUT2D eigenvalue weighted by Crippen LogP contribution is -2.58. The van der Waals surface area contributed by atoms with Gasteiger partial charge in [-0.1, -0.05) is 20.3 Å². The number of nitrogens with one attached hydrogen (secondary N) is 2. The maximum atomic E-state index is 13.2. The molecular weight excluding hydrogens is 420 g/mol. The van der Waals surface area contributed by atoms with Crippen LogP contribution in [-0.2, 0) is 24.0 Å². The van der Waals surface area contributed by atoms with Crippen molar-refractivity contribution in [1.82, 2.24) is 15.5 Å². The molecule has 9 N–H and O–H groups in total. The van der Waals surface area contributed by atoms with Gasteiger partial charge >= 0.3 is 5.97 Å². The summed E-state index contributed by atoms with van der Waals surface area (Å²) in [4.78, 5) is 62.1. The van der Waals surface area contributed by atoms with Crippen molar-refractivity contribution in [2.75, 3.05) is 13.1 Å². The van der Waals surface area contributed by atoms with E-state index in [2.05, 4.69) is 10.6 Å². The predicted octanol–water partition coefficient (Wildman–Crippen LogP) is -1.98. The lowest BCUT2D eigenvalue weighted by atomic mass is 10.0. The molecule has 0 aliphatic carbocycles. The number of amides is 4. The fourth-order valence-corrected chi connectivity index (χ4v) is 3.56. The van der Waals surface area contributed by atoms with E-state index >= 15 is 0 Å². The summed E-state index contributed by atoms with van der Waals surface area (Å²) in [5.74, 6) is -4.12. The average molecular weight is 457 g/mol. The third-order valence-electron chi connectivity index (χ3n) is 5.39. The number of carboxylic acid groups (broad SMARTS) is 1. The van der Waals surface area contributed by atoms with Crippen molar-refractivity contribution in [3.63, 3.8) is 0 Å². The van der Waals surface area contributed by atoms with Crippen LogP contribution in [0.15, 0.2) is 0 Å². The van der Waals surface area contributed by atoms with E-state index in [1.54, 1.807) is 13.8 Å². The van der Waals surface area contributed by atoms with E-state index in [-0.39, 0.29) is 12.5 Å². The molecule has 1 aliphatic heterocycles. The van der Waals surface area contributed by atoms with Crippen molar-refractivity contribution in [3.8, 4) is 0 Å². The standard InChI is InChI=1S/C20H36N6O6/c1-11(2)16(25-17(28)12(22)6-3-4-8-21)19(30)26-9-5-7-14(26)18(29)24-13(20(31)32)10-15(23)27/h11-14,16H,3-10,21-22H2,1-2H3,(H2,23,27)(H,24,29)(H,25,28)(H,31,32). The quantitative estimate of drug-likeness (QED) is 0.170. The molecule has 0 saturated carbocycles. The van der Waals surface area contributed by atoms with Gasteiger partial charge in [0.25, 0.3) is 0 Å². The number of hydrogen-bond donors (Lipinski definition) is 6. The van der Waals surface area contributed by atoms with Gasteiger partial charge in [-0.3, -0.25) is 19.2 Å². The van der Waals surface area contributed by atoms with Gasteiger partial charge in [0.15, 0.2) is 0 Å². The van der Waals surface area contributed by atoms with E-state index in [0.717, 1.165) is 6.42 Å². The van der Waals surface area contributed by atoms with Crippen LogP contribution in [0, 0.1) is 5.92 Å². The van der Waals surface area contributed by atoms with E-state index < -0.39 is 60.2 Å². The number of unbranched alkanes of at least 4 members (excludes halogenated alkanes) is 1. The molecule has 0 bridgehead atoms. The Hall–Kier alpha value is -2.73. The van der Waals surface area contributed by atoms with Gasteiger partial charge in [-0.25, -0.2) is 4.79 Å². The number of carbonyl (C=O) groups excluding carboxylic acids is 4. The lowest BCUT2D eigenvalue weighted by Gasteiger charge is -2.31. The molecule has 1 heterocycles. The highest BCUT2D eigenvalue weighted by atomic mass is 16.4. The topological polar surface area (TPSA) is 211 Å². The average Bonchev–Trinajstić information content (AvgIpc) is 3.20. The molecule has 12 heteroatoms. The van der Waals surface area contributed by atoms with Crippen molar-refractivity contribution >= 4 is 29.6 Å². The Morgan fingerprint density at radius 3 is 2.31 bits per heavy atom. The number of primary amides is 1. The zero-order valence-corrected chi connectivity index (χ0v) is 18.7. The first-order chi connectivity index (χ1) is 15.0. The second kappa shape index (κ2) is 13.0. The van der Waals surface area contributed by atoms with Crippen LogP contribution in [-0.4, -0.2) is 76.9 Å². The zero-order valence-electron chi connectivity index (χ0n) is 18.7. The fourth-order valence-electron chi connectivity index (χ4n) is 3.56. The Labute approximate surface area is 187 Å². The summed E-state index contributed by atoms with van der Waals surface area (Å²) in [6.07, 6.45) is 2.18. The molecule has 32 heavy (non-hydrogen) atoms. The molecule has 0 spiro atoms. The molecule has 0 aromatic heterocycles. The van der Waals surface area contributed by atoms with Crippen LogP contribution in [0.3, 0.4) is 0 Å². The van der Waals surface area contributed by atoms with Crippen LogP contribution in [0.5, 0.6) is 0 Å². The Balaban J connectivity index is 2.86. The molecule has 182 valence electrons. The highest BCUT2D eigenvalue weighted by Gasteiger charge is 2.40. The van der Waals surface area contributed by atoms with E-state index in [0.29, 0.717) is 32.2 Å². The third-order valence-corrected chi connectivity index (χ3v) is 5.39. The molecule has 0 radical (unpaired) electrons. The van der Waals surface area contributed by atoms with Crippen LogP contribution in [0.1, 0.15) is 52.4 Å². The summed E-state index contributed by atoms with van der Waals surface area (Å²) in [6, 6.07) is -4.06. The summed E-state index contributed by atoms with van der Waals surface area (Å²) < 4.78 is 0. The molecule has 0 aromatic rings. The summed E-state index contributed by atoms with van der Waals surface area (Å²) in [7, 11) is 0. The number of carbonyl (C=O) groups is 5. The van der Waals surface area contributed by atoms with Crippen LogP contribution < -0.4 is 27.8 Å². The number of nitrogens with zero attached hydrogens (tertiary/aromatic N) is 1. The van der Waals surface area contributed by atoms with Gasteiger partial charge in [-0.15, -0.1) is 0 Å². The second-order valence-corrected chi connectivity index (χ2v) is 8.38. The number of likely N-dealkylation sites (tertiary alicyclic amines) is 1. The van der Waals surface area contributed by atoms with Gasteiger partial charge in [0.1, 0.15) is 18.1 Å². The van der Waals surface area contributed by atoms with Gasteiger partial charge in [0.2, 0.25) is 23.6 Å². The molecule has 12 nitrogen and oxygen atoms in total. The third kappa shape index (κ3) is 8.08. The van der Waals surface area contributed by atoms with Gasteiger partial charge < -0.3 is 37.8 Å². The van der Waals surface area contributed by atoms with Crippen LogP contribution >= 0.6 is 0 Å². The molecule has 1 saturated heterocycles. The first-order valence-corrected chi connectivity index (χ1v) is 10.9. The number of hydrogen-bond acceptors (Lipinski definition) is 7. The maximum absolute atomic E-state index is 13.2. The van der Waals surface area contributed by atoms with E-state index in [9.17, 15) is 29.1 Å². The SMILES string of the molecule is CC(C)C(NC(=O)C(N)CCCCN)C(=O)N1CCCC1C(=O)NC(CC(N)=O)C(=O)O. The fraction of sp³-hybridized carbons (Fsp3) is 0.750. The smallest absolute Gasteiger partial charge is 0.326 e. The predicted molar refractivity (Wildman–Crippen MR) is 116 cm³/mol. The van der Waals surface area contributed by atoms with Crippen molar-refractivity contribution in [1.29, 1.82) is 0 Å². The Morgan fingerprint density at radius 1 is 1.12 bits per heavy atom. The number of rotatable bonds is 13. The van der Waals surface area contributed by atoms with Crippen LogP contribution in [0.25, 0.3) is 0 Å². The second-order valence-electron chi connectivity index (χ2n) is 8.38. The largest absolute Gasteiger partial charge is 0.480 e. The van der Waals surface area contributed by atoms with Crippen LogP contribution in [0.4, 0.5) is 0 Å².